The maximum Gasteiger partial charge on any atom is 0.494 e. The normalized spacial score (nSPS) is 13.9. The van der Waals surface area contributed by atoms with Crippen LogP contribution < -0.4 is 10.8 Å². The molecule has 4 heteroatoms. The first-order chi connectivity index (χ1) is 8.58. The van der Waals surface area contributed by atoms with Crippen molar-refractivity contribution in [3.63, 3.8) is 0 Å². The lowest BCUT2D eigenvalue weighted by atomic mass is 9.74. The monoisotopic (exact) mass is 247 g/mol. The number of rotatable bonds is 5. The Morgan fingerprint density at radius 2 is 1.78 bits per heavy atom. The Bertz CT molecular complexity index is 397. The zero-order valence-corrected chi connectivity index (χ0v) is 11.7. The first-order valence-electron chi connectivity index (χ1n) is 6.74. The fourth-order valence-corrected chi connectivity index (χ4v) is 2.27. The third-order valence-corrected chi connectivity index (χ3v) is 2.95. The van der Waals surface area contributed by atoms with Gasteiger partial charge in [-0.1, -0.05) is 12.1 Å². The highest BCUT2D eigenvalue weighted by Crippen LogP contribution is 2.20. The highest BCUT2D eigenvalue weighted by molar-refractivity contribution is 6.62. The van der Waals surface area contributed by atoms with Crippen LogP contribution in [0.5, 0.6) is 0 Å². The second-order valence-corrected chi connectivity index (χ2v) is 5.25. The lowest BCUT2D eigenvalue weighted by Crippen LogP contribution is -2.42. The Morgan fingerprint density at radius 3 is 2.39 bits per heavy atom. The van der Waals surface area contributed by atoms with Gasteiger partial charge in [-0.3, -0.25) is 0 Å². The zero-order chi connectivity index (χ0) is 13.1. The third-order valence-electron chi connectivity index (χ3n) is 2.95. The van der Waals surface area contributed by atoms with E-state index in [9.17, 15) is 0 Å². The van der Waals surface area contributed by atoms with E-state index in [1.807, 2.05) is 27.7 Å². The molecule has 2 rings (SSSR count). The van der Waals surface area contributed by atoms with Gasteiger partial charge >= 0.3 is 7.12 Å². The molecule has 0 radical (unpaired) electrons. The summed E-state index contributed by atoms with van der Waals surface area (Å²) in [4.78, 5) is 0. The molecule has 18 heavy (non-hydrogen) atoms. The van der Waals surface area contributed by atoms with E-state index < -0.39 is 0 Å². The summed E-state index contributed by atoms with van der Waals surface area (Å²) in [6, 6.07) is 6.29. The molecule has 0 bridgehead atoms. The summed E-state index contributed by atoms with van der Waals surface area (Å²) in [5.74, 6) is 0. The molecule has 0 saturated carbocycles. The van der Waals surface area contributed by atoms with Crippen LogP contribution in [0.1, 0.15) is 33.3 Å². The molecule has 0 unspecified atom stereocenters. The van der Waals surface area contributed by atoms with Crippen molar-refractivity contribution in [2.45, 2.75) is 46.3 Å². The Labute approximate surface area is 110 Å². The third kappa shape index (κ3) is 3.06. The lowest BCUT2D eigenvalue weighted by Gasteiger charge is -2.21. The van der Waals surface area contributed by atoms with Crippen molar-refractivity contribution < 1.29 is 9.31 Å². The summed E-state index contributed by atoms with van der Waals surface area (Å²) in [6.45, 7) is 9.16. The number of benzene rings is 1. The summed E-state index contributed by atoms with van der Waals surface area (Å²) < 4.78 is 11.8. The molecule has 1 aliphatic heterocycles. The van der Waals surface area contributed by atoms with Crippen LogP contribution in [0.25, 0.3) is 0 Å². The van der Waals surface area contributed by atoms with Gasteiger partial charge in [0, 0.05) is 24.4 Å². The van der Waals surface area contributed by atoms with Gasteiger partial charge in [0.15, 0.2) is 0 Å². The number of nitrogens with one attached hydrogen (secondary N) is 1. The van der Waals surface area contributed by atoms with Crippen molar-refractivity contribution in [1.82, 2.24) is 0 Å². The van der Waals surface area contributed by atoms with Crippen LogP contribution in [0.2, 0.25) is 0 Å². The first kappa shape index (κ1) is 13.4. The maximum absolute atomic E-state index is 5.92. The van der Waals surface area contributed by atoms with Gasteiger partial charge in [-0.05, 0) is 51.2 Å². The molecule has 0 saturated heterocycles. The predicted octanol–water partition coefficient (Wildman–Crippen LogP) is 2.20. The summed E-state index contributed by atoms with van der Waals surface area (Å²) in [5.41, 5.74) is 3.72. The van der Waals surface area contributed by atoms with Gasteiger partial charge in [-0.25, -0.2) is 0 Å². The fourth-order valence-electron chi connectivity index (χ4n) is 2.27. The Balaban J connectivity index is 2.27. The SMILES string of the molecule is CC(C)OB(OC(C)C)c1cccc2c1CCN2. The smallest absolute Gasteiger partial charge is 0.405 e. The minimum Gasteiger partial charge on any atom is -0.405 e. The second-order valence-electron chi connectivity index (χ2n) is 5.25. The van der Waals surface area contributed by atoms with Crippen LogP contribution in [-0.4, -0.2) is 25.9 Å². The van der Waals surface area contributed by atoms with Crippen molar-refractivity contribution in [2.24, 2.45) is 0 Å². The summed E-state index contributed by atoms with van der Waals surface area (Å²) >= 11 is 0. The highest BCUT2D eigenvalue weighted by atomic mass is 16.6. The topological polar surface area (TPSA) is 30.5 Å². The van der Waals surface area contributed by atoms with E-state index >= 15 is 0 Å². The molecule has 1 aliphatic rings. The van der Waals surface area contributed by atoms with Crippen molar-refractivity contribution >= 4 is 18.3 Å². The molecule has 0 aliphatic carbocycles. The van der Waals surface area contributed by atoms with Crippen molar-refractivity contribution in [3.8, 4) is 0 Å². The van der Waals surface area contributed by atoms with Crippen LogP contribution in [-0.2, 0) is 15.7 Å². The molecule has 1 heterocycles. The number of anilines is 1. The summed E-state index contributed by atoms with van der Waals surface area (Å²) in [5, 5.41) is 3.39. The van der Waals surface area contributed by atoms with Gasteiger partial charge in [0.05, 0.1) is 0 Å². The molecule has 3 nitrogen and oxygen atoms in total. The number of hydrogen-bond acceptors (Lipinski definition) is 3. The van der Waals surface area contributed by atoms with Gasteiger partial charge in [-0.2, -0.15) is 0 Å². The van der Waals surface area contributed by atoms with Crippen molar-refractivity contribution in [1.29, 1.82) is 0 Å². The molecule has 1 aromatic carbocycles. The van der Waals surface area contributed by atoms with Crippen LogP contribution in [0.15, 0.2) is 18.2 Å². The van der Waals surface area contributed by atoms with E-state index in [0.717, 1.165) is 13.0 Å². The Hall–Kier alpha value is -0.995. The van der Waals surface area contributed by atoms with E-state index in [0.29, 0.717) is 0 Å². The Kier molecular flexibility index (Phi) is 4.30. The molecule has 1 aromatic rings. The van der Waals surface area contributed by atoms with Crippen molar-refractivity contribution in [2.75, 3.05) is 11.9 Å². The maximum atomic E-state index is 5.92. The highest BCUT2D eigenvalue weighted by Gasteiger charge is 2.29. The number of fused-ring (bicyclic) bond motifs is 1. The average Bonchev–Trinajstić information content (AvgIpc) is 2.74. The molecule has 1 N–H and O–H groups in total. The molecule has 98 valence electrons. The van der Waals surface area contributed by atoms with Gasteiger partial charge in [-0.15, -0.1) is 0 Å². The largest absolute Gasteiger partial charge is 0.494 e. The predicted molar refractivity (Wildman–Crippen MR) is 76.5 cm³/mol. The molecule has 0 spiro atoms. The number of hydrogen-bond donors (Lipinski definition) is 1. The molecule has 0 amide bonds. The average molecular weight is 247 g/mol. The zero-order valence-electron chi connectivity index (χ0n) is 11.7. The summed E-state index contributed by atoms with van der Waals surface area (Å²) in [7, 11) is -0.264. The first-order valence-corrected chi connectivity index (χ1v) is 6.74. The van der Waals surface area contributed by atoms with Crippen LogP contribution in [0.4, 0.5) is 5.69 Å². The van der Waals surface area contributed by atoms with E-state index in [-0.39, 0.29) is 19.3 Å². The van der Waals surface area contributed by atoms with Gasteiger partial charge in [0.1, 0.15) is 0 Å². The molecular formula is C14H22BNO2. The summed E-state index contributed by atoms with van der Waals surface area (Å²) in [6.07, 6.45) is 1.35. The Morgan fingerprint density at radius 1 is 1.11 bits per heavy atom. The van der Waals surface area contributed by atoms with Crippen LogP contribution in [0.3, 0.4) is 0 Å². The lowest BCUT2D eigenvalue weighted by molar-refractivity contribution is 0.139. The van der Waals surface area contributed by atoms with E-state index in [1.165, 1.54) is 16.7 Å². The standard InChI is InChI=1S/C14H22BNO2/c1-10(2)17-15(18-11(3)4)13-6-5-7-14-12(13)8-9-16-14/h5-7,10-11,16H,8-9H2,1-4H3. The minimum absolute atomic E-state index is 0.152. The molecular weight excluding hydrogens is 225 g/mol. The van der Waals surface area contributed by atoms with Gasteiger partial charge in [0.25, 0.3) is 0 Å². The molecule has 0 fully saturated rings. The minimum atomic E-state index is -0.264. The van der Waals surface area contributed by atoms with Gasteiger partial charge in [0.2, 0.25) is 0 Å². The van der Waals surface area contributed by atoms with Crippen molar-refractivity contribution in [3.05, 3.63) is 23.8 Å². The molecule has 0 atom stereocenters. The quantitative estimate of drug-likeness (QED) is 0.809. The van der Waals surface area contributed by atoms with Crippen LogP contribution in [0, 0.1) is 0 Å². The molecule has 0 aromatic heterocycles. The van der Waals surface area contributed by atoms with Gasteiger partial charge < -0.3 is 14.6 Å². The van der Waals surface area contributed by atoms with E-state index in [1.54, 1.807) is 0 Å². The van der Waals surface area contributed by atoms with E-state index in [4.69, 9.17) is 9.31 Å². The fraction of sp³-hybridized carbons (Fsp3) is 0.571. The van der Waals surface area contributed by atoms with Crippen LogP contribution >= 0.6 is 0 Å². The second kappa shape index (κ2) is 5.76. The van der Waals surface area contributed by atoms with E-state index in [2.05, 4.69) is 23.5 Å².